The van der Waals surface area contributed by atoms with Gasteiger partial charge in [0.05, 0.1) is 48.4 Å². The number of rotatable bonds is 9. The Balaban J connectivity index is 1.52. The third kappa shape index (κ3) is 6.81. The largest absolute Gasteiger partial charge is 0.491 e. The number of aromatic nitrogens is 4. The van der Waals surface area contributed by atoms with Crippen molar-refractivity contribution in [1.82, 2.24) is 24.4 Å². The number of hydrogen-bond donors (Lipinski definition) is 2. The highest BCUT2D eigenvalue weighted by Gasteiger charge is 2.28. The zero-order valence-electron chi connectivity index (χ0n) is 21.6. The van der Waals surface area contributed by atoms with Gasteiger partial charge in [-0.15, -0.1) is 0 Å². The van der Waals surface area contributed by atoms with E-state index in [0.717, 1.165) is 6.08 Å². The van der Waals surface area contributed by atoms with Crippen molar-refractivity contribution in [3.63, 3.8) is 0 Å². The highest BCUT2D eigenvalue weighted by molar-refractivity contribution is 6.33. The van der Waals surface area contributed by atoms with Crippen molar-refractivity contribution in [2.75, 3.05) is 42.8 Å². The minimum atomic E-state index is -4.37. The molecule has 0 saturated heterocycles. The molecule has 2 N–H and O–H groups in total. The number of imidazole rings is 1. The summed E-state index contributed by atoms with van der Waals surface area (Å²) in [6.45, 7) is 3.71. The van der Waals surface area contributed by atoms with Gasteiger partial charge in [0.25, 0.3) is 5.91 Å². The second-order valence-corrected chi connectivity index (χ2v) is 9.36. The molecule has 15 heteroatoms. The molecule has 11 nitrogen and oxygen atoms in total. The Labute approximate surface area is 232 Å². The molecule has 4 rings (SSSR count). The van der Waals surface area contributed by atoms with Crippen molar-refractivity contribution in [1.29, 1.82) is 0 Å². The highest BCUT2D eigenvalue weighted by Crippen LogP contribution is 2.32. The van der Waals surface area contributed by atoms with Gasteiger partial charge < -0.3 is 24.4 Å². The summed E-state index contributed by atoms with van der Waals surface area (Å²) in [4.78, 5) is 40.9. The number of halogens is 4. The monoisotopic (exact) mass is 578 g/mol. The fourth-order valence-corrected chi connectivity index (χ4v) is 4.02. The number of nitrogens with zero attached hydrogens (tertiary/aromatic N) is 6. The average molecular weight is 579 g/mol. The molecule has 40 heavy (non-hydrogen) atoms. The van der Waals surface area contributed by atoms with Gasteiger partial charge in [0, 0.05) is 38.9 Å². The maximum Gasteiger partial charge on any atom is 0.392 e. The van der Waals surface area contributed by atoms with Crippen LogP contribution in [0, 0.1) is 0 Å². The summed E-state index contributed by atoms with van der Waals surface area (Å²) in [7, 11) is 3.57. The summed E-state index contributed by atoms with van der Waals surface area (Å²) in [5, 5.41) is 5.56. The number of ether oxygens (including phenoxy) is 1. The van der Waals surface area contributed by atoms with Crippen LogP contribution in [0.1, 0.15) is 22.6 Å². The molecule has 212 valence electrons. The summed E-state index contributed by atoms with van der Waals surface area (Å²) in [6.07, 6.45) is -1.53. The van der Waals surface area contributed by atoms with Gasteiger partial charge in [0.1, 0.15) is 5.75 Å². The van der Waals surface area contributed by atoms with E-state index >= 15 is 0 Å². The molecule has 0 aliphatic carbocycles. The minimum Gasteiger partial charge on any atom is -0.491 e. The van der Waals surface area contributed by atoms with Crippen molar-refractivity contribution >= 4 is 46.7 Å². The number of carbonyl (C=O) groups excluding carboxylic acids is 2. The first-order valence-electron chi connectivity index (χ1n) is 12.0. The van der Waals surface area contributed by atoms with Gasteiger partial charge in [0.2, 0.25) is 17.8 Å². The fraction of sp³-hybridized carbons (Fsp3) is 0.320. The molecule has 0 unspecified atom stereocenters. The molecule has 0 saturated carbocycles. The number of alkyl halides is 3. The van der Waals surface area contributed by atoms with E-state index in [4.69, 9.17) is 16.3 Å². The van der Waals surface area contributed by atoms with Crippen LogP contribution in [0.4, 0.5) is 36.4 Å². The fourth-order valence-electron chi connectivity index (χ4n) is 3.85. The van der Waals surface area contributed by atoms with Gasteiger partial charge in [0.15, 0.2) is 5.69 Å². The second-order valence-electron chi connectivity index (χ2n) is 8.95. The van der Waals surface area contributed by atoms with E-state index in [1.54, 1.807) is 48.0 Å². The van der Waals surface area contributed by atoms with Crippen LogP contribution in [-0.2, 0) is 17.9 Å². The van der Waals surface area contributed by atoms with Crippen LogP contribution in [0.15, 0.2) is 43.2 Å². The summed E-state index contributed by atoms with van der Waals surface area (Å²) in [5.74, 6) is -0.339. The molecule has 3 aromatic rings. The van der Waals surface area contributed by atoms with Crippen LogP contribution < -0.4 is 20.3 Å². The van der Waals surface area contributed by atoms with Crippen LogP contribution in [0.3, 0.4) is 0 Å². The molecule has 1 aliphatic rings. The smallest absolute Gasteiger partial charge is 0.392 e. The van der Waals surface area contributed by atoms with E-state index in [1.807, 2.05) is 0 Å². The number of fused-ring (bicyclic) bond motifs is 1. The number of benzene rings is 1. The third-order valence-corrected chi connectivity index (χ3v) is 6.19. The lowest BCUT2D eigenvalue weighted by molar-refractivity contribution is -0.139. The predicted molar refractivity (Wildman–Crippen MR) is 143 cm³/mol. The standard InChI is InChI=1S/C25H26ClF3N8O3/c1-4-20(38)33-24-31-12-16-14-36(8-9-37(16)24)22(39)21-17(26)13-30-23(34-21)32-18-6-5-15(35(2)3)11-19(18)40-10-7-25(27,28)29/h4-6,11-13H,1,7-10,14H2,2-3H3,(H,30,32,34)(H,31,33,38). The summed E-state index contributed by atoms with van der Waals surface area (Å²) < 4.78 is 45.2. The van der Waals surface area contributed by atoms with Crippen LogP contribution in [0.2, 0.25) is 5.02 Å². The Hall–Kier alpha value is -4.33. The van der Waals surface area contributed by atoms with Crippen molar-refractivity contribution in [3.05, 3.63) is 59.7 Å². The van der Waals surface area contributed by atoms with Crippen molar-refractivity contribution in [2.24, 2.45) is 0 Å². The average Bonchev–Trinajstić information content (AvgIpc) is 3.31. The van der Waals surface area contributed by atoms with E-state index < -0.39 is 31.0 Å². The molecular formula is C25H26ClF3N8O3. The quantitative estimate of drug-likeness (QED) is 0.362. The van der Waals surface area contributed by atoms with Crippen molar-refractivity contribution < 1.29 is 27.5 Å². The van der Waals surface area contributed by atoms with E-state index in [2.05, 4.69) is 32.2 Å². The molecule has 0 radical (unpaired) electrons. The Bertz CT molecular complexity index is 1430. The van der Waals surface area contributed by atoms with E-state index in [0.29, 0.717) is 36.1 Å². The third-order valence-electron chi connectivity index (χ3n) is 5.91. The Morgan fingerprint density at radius 3 is 2.70 bits per heavy atom. The lowest BCUT2D eigenvalue weighted by Gasteiger charge is -2.28. The molecule has 1 aromatic carbocycles. The van der Waals surface area contributed by atoms with Crippen molar-refractivity contribution in [2.45, 2.75) is 25.7 Å². The summed E-state index contributed by atoms with van der Waals surface area (Å²) in [5.41, 5.74) is 1.65. The van der Waals surface area contributed by atoms with Gasteiger partial charge in [-0.05, 0) is 18.2 Å². The van der Waals surface area contributed by atoms with Crippen LogP contribution in [0.5, 0.6) is 5.75 Å². The van der Waals surface area contributed by atoms with E-state index in [9.17, 15) is 22.8 Å². The summed E-state index contributed by atoms with van der Waals surface area (Å²) >= 11 is 6.28. The van der Waals surface area contributed by atoms with E-state index in [1.165, 1.54) is 11.1 Å². The number of nitrogens with one attached hydrogen (secondary N) is 2. The van der Waals surface area contributed by atoms with Crippen LogP contribution >= 0.6 is 11.6 Å². The van der Waals surface area contributed by atoms with Crippen molar-refractivity contribution in [3.8, 4) is 5.75 Å². The highest BCUT2D eigenvalue weighted by atomic mass is 35.5. The van der Waals surface area contributed by atoms with Gasteiger partial charge >= 0.3 is 6.18 Å². The first-order valence-corrected chi connectivity index (χ1v) is 12.4. The Morgan fingerprint density at radius 1 is 1.23 bits per heavy atom. The Morgan fingerprint density at radius 2 is 2.00 bits per heavy atom. The maximum atomic E-state index is 13.4. The molecule has 3 heterocycles. The van der Waals surface area contributed by atoms with Crippen LogP contribution in [-0.4, -0.2) is 69.7 Å². The van der Waals surface area contributed by atoms with Gasteiger partial charge in [-0.25, -0.2) is 15.0 Å². The molecule has 0 bridgehead atoms. The maximum absolute atomic E-state index is 13.4. The van der Waals surface area contributed by atoms with Gasteiger partial charge in [-0.1, -0.05) is 18.2 Å². The topological polar surface area (TPSA) is 118 Å². The van der Waals surface area contributed by atoms with E-state index in [-0.39, 0.29) is 29.0 Å². The van der Waals surface area contributed by atoms with Crippen LogP contribution in [0.25, 0.3) is 0 Å². The zero-order chi connectivity index (χ0) is 29.0. The molecule has 2 aromatic heterocycles. The lowest BCUT2D eigenvalue weighted by Crippen LogP contribution is -2.39. The minimum absolute atomic E-state index is 0.00231. The molecule has 1 aliphatic heterocycles. The second kappa shape index (κ2) is 11.8. The zero-order valence-corrected chi connectivity index (χ0v) is 22.4. The Kier molecular flexibility index (Phi) is 8.47. The SMILES string of the molecule is C=CC(=O)Nc1ncc2n1CCN(C(=O)c1nc(Nc3ccc(N(C)C)cc3OCCC(F)(F)F)ncc1Cl)C2. The number of carbonyl (C=O) groups is 2. The predicted octanol–water partition coefficient (Wildman–Crippen LogP) is 4.25. The first kappa shape index (κ1) is 28.7. The molecular weight excluding hydrogens is 553 g/mol. The van der Waals surface area contributed by atoms with Gasteiger partial charge in [-0.2, -0.15) is 13.2 Å². The normalized spacial score (nSPS) is 12.9. The molecule has 0 fully saturated rings. The molecule has 0 spiro atoms. The number of hydrogen-bond acceptors (Lipinski definition) is 8. The first-order chi connectivity index (χ1) is 18.9. The summed E-state index contributed by atoms with van der Waals surface area (Å²) in [6, 6.07) is 4.94. The lowest BCUT2D eigenvalue weighted by atomic mass is 10.2. The number of anilines is 4. The number of amides is 2. The molecule has 0 atom stereocenters. The molecule has 2 amide bonds. The van der Waals surface area contributed by atoms with Gasteiger partial charge in [-0.3, -0.25) is 14.9 Å².